The maximum atomic E-state index is 13.3. The number of amides is 4. The summed E-state index contributed by atoms with van der Waals surface area (Å²) < 4.78 is 0. The Morgan fingerprint density at radius 1 is 1.21 bits per heavy atom. The summed E-state index contributed by atoms with van der Waals surface area (Å²) >= 11 is 1.35. The van der Waals surface area contributed by atoms with E-state index in [-0.39, 0.29) is 41.6 Å². The van der Waals surface area contributed by atoms with Crippen LogP contribution in [0.2, 0.25) is 0 Å². The molecule has 0 radical (unpaired) electrons. The predicted molar refractivity (Wildman–Crippen MR) is 100 cm³/mol. The van der Waals surface area contributed by atoms with Crippen molar-refractivity contribution < 1.29 is 19.2 Å². The molecule has 5 rings (SSSR count). The largest absolute Gasteiger partial charge is 0.349 e. The third-order valence-electron chi connectivity index (χ3n) is 6.16. The molecule has 1 aliphatic carbocycles. The first-order valence-corrected chi connectivity index (χ1v) is 10.7. The van der Waals surface area contributed by atoms with E-state index in [2.05, 4.69) is 10.6 Å². The average Bonchev–Trinajstić information content (AvgIpc) is 3.10. The summed E-state index contributed by atoms with van der Waals surface area (Å²) in [5.74, 6) is -0.468. The summed E-state index contributed by atoms with van der Waals surface area (Å²) in [6.07, 6.45) is 2.78. The van der Waals surface area contributed by atoms with Crippen LogP contribution in [0.5, 0.6) is 0 Å². The normalized spacial score (nSPS) is 31.9. The van der Waals surface area contributed by atoms with Gasteiger partial charge in [0.05, 0.1) is 10.9 Å². The van der Waals surface area contributed by atoms with E-state index < -0.39 is 12.1 Å². The zero-order valence-electron chi connectivity index (χ0n) is 15.3. The van der Waals surface area contributed by atoms with Crippen molar-refractivity contribution in [2.24, 2.45) is 5.92 Å². The Balaban J connectivity index is 1.34. The number of hydrogen-bond donors (Lipinski definition) is 2. The van der Waals surface area contributed by atoms with Gasteiger partial charge in [0.25, 0.3) is 5.91 Å². The van der Waals surface area contributed by atoms with E-state index in [1.54, 1.807) is 15.9 Å². The van der Waals surface area contributed by atoms with Gasteiger partial charge in [0.15, 0.2) is 0 Å². The molecule has 3 saturated heterocycles. The number of thiophene rings is 1. The number of likely N-dealkylation sites (tertiary alicyclic amines) is 1. The van der Waals surface area contributed by atoms with Crippen LogP contribution in [0.3, 0.4) is 0 Å². The minimum atomic E-state index is -0.617. The van der Waals surface area contributed by atoms with E-state index in [1.807, 2.05) is 11.4 Å². The summed E-state index contributed by atoms with van der Waals surface area (Å²) in [7, 11) is 0. The Morgan fingerprint density at radius 3 is 2.75 bits per heavy atom. The molecule has 148 valence electrons. The fourth-order valence-electron chi connectivity index (χ4n) is 4.61. The molecule has 2 N–H and O–H groups in total. The molecule has 4 fully saturated rings. The van der Waals surface area contributed by atoms with Crippen molar-refractivity contribution in [1.29, 1.82) is 0 Å². The first-order valence-electron chi connectivity index (χ1n) is 9.78. The fourth-order valence-corrected chi connectivity index (χ4v) is 5.23. The minimum Gasteiger partial charge on any atom is -0.349 e. The first-order chi connectivity index (χ1) is 13.5. The van der Waals surface area contributed by atoms with Gasteiger partial charge in [-0.1, -0.05) is 6.07 Å². The molecule has 28 heavy (non-hydrogen) atoms. The quantitative estimate of drug-likeness (QED) is 0.741. The summed E-state index contributed by atoms with van der Waals surface area (Å²) in [5.41, 5.74) is 0. The highest BCUT2D eigenvalue weighted by Crippen LogP contribution is 2.35. The predicted octanol–water partition coefficient (Wildman–Crippen LogP) is -0.0433. The Labute approximate surface area is 166 Å². The number of hydrogen-bond acceptors (Lipinski definition) is 5. The maximum Gasteiger partial charge on any atom is 0.261 e. The van der Waals surface area contributed by atoms with E-state index >= 15 is 0 Å². The van der Waals surface area contributed by atoms with Crippen LogP contribution in [0.25, 0.3) is 0 Å². The van der Waals surface area contributed by atoms with Crippen LogP contribution >= 0.6 is 11.3 Å². The highest BCUT2D eigenvalue weighted by atomic mass is 32.1. The van der Waals surface area contributed by atoms with E-state index in [1.165, 1.54) is 11.3 Å². The molecule has 9 heteroatoms. The van der Waals surface area contributed by atoms with Gasteiger partial charge in [-0.3, -0.25) is 19.2 Å². The number of nitrogens with one attached hydrogen (secondary N) is 2. The maximum absolute atomic E-state index is 13.3. The van der Waals surface area contributed by atoms with E-state index in [0.717, 1.165) is 12.8 Å². The zero-order valence-corrected chi connectivity index (χ0v) is 16.1. The standard InChI is InChI=1S/C19H22N4O4S/c24-16-13-8-11(20-17(25)14-2-1-7-28-14)9-23(13)19(27)15-12(21-16)5-6-22(15)18(26)10-3-4-10/h1-2,7,10-13,15H,3-6,8-9H2,(H,20,25)(H,21,24)/t11-,12-,13+,15-/m0/s1. The van der Waals surface area contributed by atoms with Gasteiger partial charge >= 0.3 is 0 Å². The summed E-state index contributed by atoms with van der Waals surface area (Å²) in [6, 6.07) is 1.76. The molecule has 4 amide bonds. The van der Waals surface area contributed by atoms with Crippen molar-refractivity contribution in [3.63, 3.8) is 0 Å². The summed E-state index contributed by atoms with van der Waals surface area (Å²) in [5, 5.41) is 7.75. The van der Waals surface area contributed by atoms with E-state index in [0.29, 0.717) is 30.8 Å². The second-order valence-corrected chi connectivity index (χ2v) is 8.99. The number of nitrogens with zero attached hydrogens (tertiary/aromatic N) is 2. The lowest BCUT2D eigenvalue weighted by Crippen LogP contribution is -2.53. The van der Waals surface area contributed by atoms with Crippen molar-refractivity contribution >= 4 is 35.0 Å². The van der Waals surface area contributed by atoms with E-state index in [9.17, 15) is 19.2 Å². The molecule has 3 aliphatic heterocycles. The molecule has 4 atom stereocenters. The van der Waals surface area contributed by atoms with Crippen molar-refractivity contribution in [2.75, 3.05) is 13.1 Å². The molecule has 4 heterocycles. The second kappa shape index (κ2) is 6.58. The lowest BCUT2D eigenvalue weighted by atomic mass is 10.1. The van der Waals surface area contributed by atoms with Crippen LogP contribution in [0.4, 0.5) is 0 Å². The Hall–Kier alpha value is -2.42. The van der Waals surface area contributed by atoms with Gasteiger partial charge in [0, 0.05) is 25.0 Å². The molecule has 1 saturated carbocycles. The number of carbonyl (C=O) groups is 4. The highest BCUT2D eigenvalue weighted by Gasteiger charge is 2.53. The smallest absolute Gasteiger partial charge is 0.261 e. The van der Waals surface area contributed by atoms with Crippen LogP contribution in [-0.4, -0.2) is 70.7 Å². The molecule has 0 aromatic carbocycles. The average molecular weight is 402 g/mol. The Kier molecular flexibility index (Phi) is 4.15. The molecule has 0 bridgehead atoms. The molecule has 4 aliphatic rings. The zero-order chi connectivity index (χ0) is 19.4. The highest BCUT2D eigenvalue weighted by molar-refractivity contribution is 7.12. The van der Waals surface area contributed by atoms with Gasteiger partial charge in [-0.05, 0) is 37.1 Å². The topological polar surface area (TPSA) is 98.8 Å². The van der Waals surface area contributed by atoms with Gasteiger partial charge in [0.1, 0.15) is 12.1 Å². The molecule has 1 aromatic rings. The Bertz CT molecular complexity index is 837. The molecule has 0 unspecified atom stereocenters. The summed E-state index contributed by atoms with van der Waals surface area (Å²) in [4.78, 5) is 54.9. The number of rotatable bonds is 3. The van der Waals surface area contributed by atoms with Crippen LogP contribution < -0.4 is 10.6 Å². The van der Waals surface area contributed by atoms with Crippen molar-refractivity contribution in [3.05, 3.63) is 22.4 Å². The van der Waals surface area contributed by atoms with Crippen molar-refractivity contribution in [2.45, 2.75) is 49.9 Å². The van der Waals surface area contributed by atoms with E-state index in [4.69, 9.17) is 0 Å². The van der Waals surface area contributed by atoms with Crippen molar-refractivity contribution in [1.82, 2.24) is 20.4 Å². The minimum absolute atomic E-state index is 0.0373. The summed E-state index contributed by atoms with van der Waals surface area (Å²) in [6.45, 7) is 0.802. The van der Waals surface area contributed by atoms with Gasteiger partial charge < -0.3 is 20.4 Å². The van der Waals surface area contributed by atoms with Crippen molar-refractivity contribution in [3.8, 4) is 0 Å². The SMILES string of the molecule is O=C(N[C@H]1C[C@@H]2C(=O)N[C@H]3CCN(C(=O)C4CC4)[C@@H]3C(=O)N2C1)c1cccs1. The third-order valence-corrected chi connectivity index (χ3v) is 7.02. The van der Waals surface area contributed by atoms with Crippen LogP contribution in [0.1, 0.15) is 35.4 Å². The van der Waals surface area contributed by atoms with Gasteiger partial charge in [-0.2, -0.15) is 0 Å². The van der Waals surface area contributed by atoms with Gasteiger partial charge in [-0.15, -0.1) is 11.3 Å². The van der Waals surface area contributed by atoms with Crippen LogP contribution in [-0.2, 0) is 14.4 Å². The Morgan fingerprint density at radius 2 is 2.04 bits per heavy atom. The molecular weight excluding hydrogens is 380 g/mol. The third kappa shape index (κ3) is 2.88. The second-order valence-electron chi connectivity index (χ2n) is 8.04. The molecule has 8 nitrogen and oxygen atoms in total. The lowest BCUT2D eigenvalue weighted by molar-refractivity contribution is -0.145. The van der Waals surface area contributed by atoms with Gasteiger partial charge in [0.2, 0.25) is 17.7 Å². The number of carbonyl (C=O) groups excluding carboxylic acids is 4. The van der Waals surface area contributed by atoms with Gasteiger partial charge in [-0.25, -0.2) is 0 Å². The van der Waals surface area contributed by atoms with Crippen LogP contribution in [0, 0.1) is 5.92 Å². The molecule has 1 aromatic heterocycles. The van der Waals surface area contributed by atoms with Crippen LogP contribution in [0.15, 0.2) is 17.5 Å². The first kappa shape index (κ1) is 17.7. The lowest BCUT2D eigenvalue weighted by Gasteiger charge is -2.29. The fraction of sp³-hybridized carbons (Fsp3) is 0.579. The molecular formula is C19H22N4O4S. The molecule has 0 spiro atoms. The monoisotopic (exact) mass is 402 g/mol. The number of fused-ring (bicyclic) bond motifs is 2.